The first-order valence-corrected chi connectivity index (χ1v) is 7.74. The molecule has 0 aliphatic heterocycles. The van der Waals surface area contributed by atoms with Crippen LogP contribution in [0.1, 0.15) is 39.5 Å². The molecule has 17 heavy (non-hydrogen) atoms. The summed E-state index contributed by atoms with van der Waals surface area (Å²) in [7, 11) is 0. The van der Waals surface area contributed by atoms with Crippen LogP contribution >= 0.6 is 11.8 Å². The topological polar surface area (TPSA) is 62.4 Å². The van der Waals surface area contributed by atoms with Crippen molar-refractivity contribution in [3.05, 3.63) is 0 Å². The highest BCUT2D eigenvalue weighted by molar-refractivity contribution is 7.99. The lowest BCUT2D eigenvalue weighted by Crippen LogP contribution is -2.47. The third-order valence-corrected chi connectivity index (χ3v) is 4.24. The number of nitrogens with one attached hydrogen (secondary N) is 2. The fraction of sp³-hybridized carbons (Fsp3) is 0.917. The maximum atomic E-state index is 5.48. The van der Waals surface area contributed by atoms with Gasteiger partial charge in [-0.15, -0.1) is 0 Å². The Morgan fingerprint density at radius 2 is 2.00 bits per heavy atom. The molecule has 0 aromatic rings. The van der Waals surface area contributed by atoms with E-state index in [9.17, 15) is 0 Å². The Hall–Kier alpha value is -0.420. The van der Waals surface area contributed by atoms with Gasteiger partial charge >= 0.3 is 0 Å². The number of nitrogens with two attached hydrogens (primary N) is 1. The van der Waals surface area contributed by atoms with Crippen molar-refractivity contribution in [1.82, 2.24) is 10.7 Å². The van der Waals surface area contributed by atoms with Crippen molar-refractivity contribution in [2.24, 2.45) is 16.8 Å². The third-order valence-electron chi connectivity index (χ3n) is 3.10. The molecule has 1 saturated carbocycles. The van der Waals surface area contributed by atoms with Crippen molar-refractivity contribution in [2.45, 2.75) is 50.8 Å². The maximum absolute atomic E-state index is 5.48. The number of rotatable bonds is 4. The first-order chi connectivity index (χ1) is 8.15. The van der Waals surface area contributed by atoms with Gasteiger partial charge in [0.25, 0.3) is 0 Å². The second kappa shape index (κ2) is 7.82. The van der Waals surface area contributed by atoms with Crippen LogP contribution in [-0.2, 0) is 0 Å². The maximum Gasteiger partial charge on any atom is 0.205 e. The van der Waals surface area contributed by atoms with Gasteiger partial charge in [0.2, 0.25) is 5.96 Å². The Labute approximate surface area is 109 Å². The minimum Gasteiger partial charge on any atom is -0.353 e. The molecule has 1 aliphatic rings. The zero-order valence-corrected chi connectivity index (χ0v) is 12.0. The molecule has 0 atom stereocenters. The molecule has 0 spiro atoms. The van der Waals surface area contributed by atoms with E-state index in [1.54, 1.807) is 0 Å². The summed E-state index contributed by atoms with van der Waals surface area (Å²) >= 11 is 1.99. The summed E-state index contributed by atoms with van der Waals surface area (Å²) in [4.78, 5) is 4.44. The van der Waals surface area contributed by atoms with Crippen LogP contribution in [0.25, 0.3) is 0 Å². The first-order valence-electron chi connectivity index (χ1n) is 6.46. The summed E-state index contributed by atoms with van der Waals surface area (Å²) < 4.78 is 0. The second-order valence-corrected chi connectivity index (χ2v) is 6.22. The molecular formula is C12H26N4S. The van der Waals surface area contributed by atoms with E-state index in [2.05, 4.69) is 35.8 Å². The molecule has 0 radical (unpaired) electrons. The van der Waals surface area contributed by atoms with E-state index < -0.39 is 0 Å². The van der Waals surface area contributed by atoms with Crippen LogP contribution in [0.4, 0.5) is 0 Å². The average molecular weight is 258 g/mol. The minimum atomic E-state index is 0.528. The highest BCUT2D eigenvalue weighted by Crippen LogP contribution is 2.26. The smallest absolute Gasteiger partial charge is 0.205 e. The second-order valence-electron chi connectivity index (χ2n) is 5.08. The molecule has 0 unspecified atom stereocenters. The summed E-state index contributed by atoms with van der Waals surface area (Å²) in [6, 6.07) is 0.528. The number of hydrazine groups is 1. The van der Waals surface area contributed by atoms with Crippen molar-refractivity contribution in [1.29, 1.82) is 0 Å². The highest BCUT2D eigenvalue weighted by atomic mass is 32.2. The first kappa shape index (κ1) is 14.6. The van der Waals surface area contributed by atoms with Crippen LogP contribution < -0.4 is 16.6 Å². The summed E-state index contributed by atoms with van der Waals surface area (Å²) in [5.41, 5.74) is 2.66. The summed E-state index contributed by atoms with van der Waals surface area (Å²) in [6.07, 6.45) is 7.22. The van der Waals surface area contributed by atoms with E-state index in [1.165, 1.54) is 25.7 Å². The molecule has 5 heteroatoms. The molecule has 4 nitrogen and oxygen atoms in total. The van der Waals surface area contributed by atoms with E-state index >= 15 is 0 Å². The van der Waals surface area contributed by atoms with E-state index in [0.717, 1.165) is 17.8 Å². The van der Waals surface area contributed by atoms with Gasteiger partial charge in [-0.25, -0.2) is 5.84 Å². The lowest BCUT2D eigenvalue weighted by atomic mass is 9.95. The van der Waals surface area contributed by atoms with Crippen molar-refractivity contribution in [3.63, 3.8) is 0 Å². The zero-order valence-electron chi connectivity index (χ0n) is 11.2. The molecule has 0 bridgehead atoms. The van der Waals surface area contributed by atoms with E-state index in [-0.39, 0.29) is 0 Å². The van der Waals surface area contributed by atoms with E-state index in [0.29, 0.717) is 12.0 Å². The van der Waals surface area contributed by atoms with Crippen LogP contribution in [-0.4, -0.2) is 30.1 Å². The molecule has 0 aromatic carbocycles. The standard InChI is InChI=1S/C12H26N4S/c1-9(2)8-14-12(16-13)15-10-4-6-11(17-3)7-5-10/h9-11H,4-8,13H2,1-3H3,(H2,14,15,16). The Morgan fingerprint density at radius 1 is 1.35 bits per heavy atom. The largest absolute Gasteiger partial charge is 0.353 e. The lowest BCUT2D eigenvalue weighted by molar-refractivity contribution is 0.418. The van der Waals surface area contributed by atoms with Crippen molar-refractivity contribution < 1.29 is 0 Å². The van der Waals surface area contributed by atoms with Gasteiger partial charge in [-0.2, -0.15) is 11.8 Å². The number of aliphatic imine (C=N–C) groups is 1. The highest BCUT2D eigenvalue weighted by Gasteiger charge is 2.20. The van der Waals surface area contributed by atoms with Gasteiger partial charge in [0.15, 0.2) is 0 Å². The van der Waals surface area contributed by atoms with Gasteiger partial charge in [-0.1, -0.05) is 13.8 Å². The van der Waals surface area contributed by atoms with Crippen LogP contribution in [0, 0.1) is 5.92 Å². The predicted molar refractivity (Wildman–Crippen MR) is 77.2 cm³/mol. The molecule has 0 aromatic heterocycles. The Kier molecular flexibility index (Phi) is 6.73. The van der Waals surface area contributed by atoms with Crippen molar-refractivity contribution >= 4 is 17.7 Å². The Morgan fingerprint density at radius 3 is 2.47 bits per heavy atom. The van der Waals surface area contributed by atoms with Crippen LogP contribution in [0.15, 0.2) is 4.99 Å². The molecule has 1 aliphatic carbocycles. The normalized spacial score (nSPS) is 26.1. The van der Waals surface area contributed by atoms with E-state index in [4.69, 9.17) is 5.84 Å². The SMILES string of the molecule is CSC1CCC(NC(=NCC(C)C)NN)CC1. The molecule has 4 N–H and O–H groups in total. The van der Waals surface area contributed by atoms with Gasteiger partial charge in [-0.3, -0.25) is 10.4 Å². The predicted octanol–water partition coefficient (Wildman–Crippen LogP) is 1.73. The van der Waals surface area contributed by atoms with Crippen molar-refractivity contribution in [3.8, 4) is 0 Å². The fourth-order valence-corrected chi connectivity index (χ4v) is 2.79. The number of hydrogen-bond acceptors (Lipinski definition) is 3. The zero-order chi connectivity index (χ0) is 12.7. The van der Waals surface area contributed by atoms with Gasteiger partial charge in [-0.05, 0) is 37.9 Å². The summed E-state index contributed by atoms with van der Waals surface area (Å²) in [5.74, 6) is 6.79. The molecular weight excluding hydrogens is 232 g/mol. The molecule has 0 heterocycles. The van der Waals surface area contributed by atoms with Gasteiger partial charge in [0.05, 0.1) is 0 Å². The minimum absolute atomic E-state index is 0.528. The number of nitrogens with zero attached hydrogens (tertiary/aromatic N) is 1. The third kappa shape index (κ3) is 5.64. The Balaban J connectivity index is 2.34. The molecule has 1 rings (SSSR count). The average Bonchev–Trinajstić information content (AvgIpc) is 2.35. The Bertz CT molecular complexity index is 235. The van der Waals surface area contributed by atoms with Crippen LogP contribution in [0.5, 0.6) is 0 Å². The van der Waals surface area contributed by atoms with Crippen molar-refractivity contribution in [2.75, 3.05) is 12.8 Å². The van der Waals surface area contributed by atoms with E-state index in [1.807, 2.05) is 11.8 Å². The fourth-order valence-electron chi connectivity index (χ4n) is 2.04. The number of thioether (sulfide) groups is 1. The molecule has 0 saturated heterocycles. The summed E-state index contributed by atoms with van der Waals surface area (Å²) in [6.45, 7) is 5.12. The molecule has 100 valence electrons. The summed E-state index contributed by atoms with van der Waals surface area (Å²) in [5, 5.41) is 4.25. The molecule has 1 fully saturated rings. The number of hydrogen-bond donors (Lipinski definition) is 3. The van der Waals surface area contributed by atoms with Gasteiger partial charge in [0, 0.05) is 17.8 Å². The lowest BCUT2D eigenvalue weighted by Gasteiger charge is -2.28. The monoisotopic (exact) mass is 258 g/mol. The van der Waals surface area contributed by atoms with Crippen LogP contribution in [0.2, 0.25) is 0 Å². The molecule has 0 amide bonds. The quantitative estimate of drug-likeness (QED) is 0.311. The number of guanidine groups is 1. The van der Waals surface area contributed by atoms with Gasteiger partial charge in [0.1, 0.15) is 0 Å². The van der Waals surface area contributed by atoms with Gasteiger partial charge < -0.3 is 5.32 Å². The van der Waals surface area contributed by atoms with Crippen LogP contribution in [0.3, 0.4) is 0 Å².